The van der Waals surface area contributed by atoms with Gasteiger partial charge in [0.15, 0.2) is 11.4 Å². The molecule has 0 radical (unpaired) electrons. The van der Waals surface area contributed by atoms with Crippen LogP contribution in [0.4, 0.5) is 0 Å². The molecule has 8 aliphatic rings. The second-order valence-corrected chi connectivity index (χ2v) is 24.4. The molecule has 6 unspecified atom stereocenters. The van der Waals surface area contributed by atoms with Crippen molar-refractivity contribution in [1.82, 2.24) is 28.9 Å². The Hall–Kier alpha value is -4.52. The average molecular weight is 1110 g/mol. The number of aliphatic carboxylic acids is 1. The Morgan fingerprint density at radius 3 is 1.25 bits per heavy atom. The molecule has 0 spiro atoms. The van der Waals surface area contributed by atoms with E-state index >= 15 is 0 Å². The predicted octanol–water partition coefficient (Wildman–Crippen LogP) is 7.58. The van der Waals surface area contributed by atoms with Crippen molar-refractivity contribution in [3.05, 3.63) is 80.6 Å². The zero-order valence-electron chi connectivity index (χ0n) is 48.0. The van der Waals surface area contributed by atoms with E-state index in [1.54, 1.807) is 20.8 Å². The normalized spacial score (nSPS) is 30.7. The number of hydrogen-bond donors (Lipinski definition) is 1. The summed E-state index contributed by atoms with van der Waals surface area (Å²) in [6, 6.07) is 18.7. The molecule has 2 aromatic heterocycles. The first-order valence-corrected chi connectivity index (χ1v) is 30.5. The van der Waals surface area contributed by atoms with Crippen LogP contribution in [0.1, 0.15) is 198 Å². The number of nitrogens with zero attached hydrogens (tertiary/aromatic N) is 8. The maximum Gasteiger partial charge on any atom is 1.00 e. The van der Waals surface area contributed by atoms with E-state index < -0.39 is 17.7 Å². The van der Waals surface area contributed by atoms with E-state index in [1.807, 2.05) is 57.7 Å². The number of esters is 1. The number of carbonyl (C=O) groups excluding carboxylic acids is 1. The molecule has 8 fully saturated rings. The fourth-order valence-electron chi connectivity index (χ4n) is 16.8. The first-order chi connectivity index (χ1) is 38.1. The number of ether oxygens (including phenoxy) is 1. The van der Waals surface area contributed by atoms with E-state index in [0.717, 1.165) is 60.4 Å². The quantitative estimate of drug-likeness (QED) is 0.0593. The zero-order chi connectivity index (χ0) is 53.9. The van der Waals surface area contributed by atoms with Crippen LogP contribution >= 0.6 is 0 Å². The smallest absolute Gasteiger partial charge is 0.870 e. The molecule has 4 saturated heterocycles. The molecule has 2 aromatic carbocycles. The van der Waals surface area contributed by atoms with Crippen molar-refractivity contribution in [3.63, 3.8) is 0 Å². The van der Waals surface area contributed by atoms with Gasteiger partial charge in [-0.2, -0.15) is 0 Å². The molecule has 0 amide bonds. The van der Waals surface area contributed by atoms with Crippen molar-refractivity contribution in [2.24, 2.45) is 34.0 Å². The Balaban J connectivity index is 0.000000189. The van der Waals surface area contributed by atoms with Crippen LogP contribution in [-0.4, -0.2) is 119 Å². The number of aromatic nitrogens is 4. The van der Waals surface area contributed by atoms with Crippen LogP contribution < -0.4 is 40.7 Å². The fourth-order valence-corrected chi connectivity index (χ4v) is 16.8. The zero-order valence-corrected chi connectivity index (χ0v) is 50.0. The van der Waals surface area contributed by atoms with Gasteiger partial charge in [0.05, 0.1) is 28.7 Å². The summed E-state index contributed by atoms with van der Waals surface area (Å²) in [5.74, 6) is 1.55. The molecule has 4 saturated carbocycles. The third-order valence-corrected chi connectivity index (χ3v) is 19.6. The number of piperidine rings is 4. The molecule has 18 heteroatoms. The first-order valence-electron chi connectivity index (χ1n) is 30.5. The van der Waals surface area contributed by atoms with Crippen LogP contribution in [0, 0.1) is 23.7 Å². The van der Waals surface area contributed by atoms with Gasteiger partial charge in [-0.3, -0.25) is 19.4 Å². The summed E-state index contributed by atoms with van der Waals surface area (Å²) < 4.78 is 9.00. The number of carbonyl (C=O) groups is 2. The molecule has 8 bridgehead atoms. The van der Waals surface area contributed by atoms with Crippen molar-refractivity contribution in [3.8, 4) is 0 Å². The van der Waals surface area contributed by atoms with Crippen LogP contribution in [0.2, 0.25) is 0 Å². The van der Waals surface area contributed by atoms with E-state index in [-0.39, 0.29) is 95.2 Å². The van der Waals surface area contributed by atoms with E-state index in [4.69, 9.17) is 14.4 Å². The van der Waals surface area contributed by atoms with Crippen LogP contribution in [0.25, 0.3) is 22.1 Å². The fraction of sp³-hybridized carbons (Fsp3) is 0.677. The van der Waals surface area contributed by atoms with Gasteiger partial charge in [0.25, 0.3) is 11.1 Å². The van der Waals surface area contributed by atoms with E-state index in [0.29, 0.717) is 47.3 Å². The Morgan fingerprint density at radius 1 is 0.500 bits per heavy atom. The van der Waals surface area contributed by atoms with Gasteiger partial charge in [-0.15, -0.1) is 0 Å². The van der Waals surface area contributed by atoms with Crippen molar-refractivity contribution in [2.75, 3.05) is 19.8 Å². The largest absolute Gasteiger partial charge is 1.00 e. The third-order valence-electron chi connectivity index (χ3n) is 19.6. The van der Waals surface area contributed by atoms with Crippen LogP contribution in [-0.2, 0) is 24.0 Å². The maximum absolute atomic E-state index is 14.2. The number of rotatable bonds is 13. The predicted molar refractivity (Wildman–Crippen MR) is 304 cm³/mol. The standard InChI is InChI=1S/C32H44N4O4.C30H40N4O4.Na.H2O/c1-3-39-32(38)30(34-40-4-2)29-31(37)36(28-15-8-7-14-27(28)33-29)26-19-23-12-9-13-24(20-26)35(23)25-17-21-10-5-6-11-22(16-21)18-25;1-2-38-32-28(30(36)37)27-29(35)34(26-13-6-5-12-25(26)31-27)24-17-21-10-7-11-22(18-24)33(21)23-15-19-8-3-4-9-20(14-19)16-23;;/h7-8,14-15,21-26H,3-6,9-13,16-20H2,1-2H3;5-6,12-13,19-24H,2-4,7-11,14-18H2,1H3,(H,36,37);;1H2/q;;+1;/p-1/t21?,22?,23-,24+,25?,26?;19?,20?,21-,22+,23?,24?;;. The molecular formula is C62H85N8NaO9. The van der Waals surface area contributed by atoms with Gasteiger partial charge in [-0.25, -0.2) is 19.6 Å². The van der Waals surface area contributed by atoms with Gasteiger partial charge >= 0.3 is 41.5 Å². The van der Waals surface area contributed by atoms with Gasteiger partial charge in [0.2, 0.25) is 11.4 Å². The molecule has 17 nitrogen and oxygen atoms in total. The van der Waals surface area contributed by atoms with E-state index in [1.165, 1.54) is 128 Å². The van der Waals surface area contributed by atoms with Gasteiger partial charge in [0.1, 0.15) is 13.2 Å². The summed E-state index contributed by atoms with van der Waals surface area (Å²) in [5, 5.41) is 17.6. The second-order valence-electron chi connectivity index (χ2n) is 24.4. The Kier molecular flexibility index (Phi) is 20.5. The Morgan fingerprint density at radius 2 is 0.875 bits per heavy atom. The second kappa shape index (κ2) is 27.3. The molecular weight excluding hydrogens is 1020 g/mol. The van der Waals surface area contributed by atoms with E-state index in [9.17, 15) is 24.3 Å². The topological polar surface area (TPSA) is 213 Å². The average Bonchev–Trinajstić information content (AvgIpc) is 3.88. The van der Waals surface area contributed by atoms with Gasteiger partial charge in [0, 0.05) is 48.3 Å². The van der Waals surface area contributed by atoms with Crippen molar-refractivity contribution in [2.45, 2.75) is 223 Å². The summed E-state index contributed by atoms with van der Waals surface area (Å²) in [5.41, 5.74) is 1.47. The molecule has 4 aromatic rings. The SMILES string of the molecule is CCON=C(C(=O)O)c1nc2ccccc2n(C2C[C@H]3CCC[C@@H](C2)N3C2CC3CCCCC(C3)C2)c1=O.CCON=C(C(=O)OCC)c1nc2ccccc2n(C2C[C@H]3CCC[C@@H](C2)N3C2CC3CCCCC(C3)C2)c1=O.[Na+].[OH-]. The summed E-state index contributed by atoms with van der Waals surface area (Å²) in [6.07, 6.45) is 30.5. The first kappa shape index (κ1) is 60.1. The van der Waals surface area contributed by atoms with Crippen LogP contribution in [0.5, 0.6) is 0 Å². The number of oxime groups is 2. The molecule has 80 heavy (non-hydrogen) atoms. The van der Waals surface area contributed by atoms with Crippen LogP contribution in [0.3, 0.4) is 0 Å². The number of para-hydroxylation sites is 4. The molecule has 4 aliphatic carbocycles. The monoisotopic (exact) mass is 1110 g/mol. The number of fused-ring (bicyclic) bond motifs is 10. The summed E-state index contributed by atoms with van der Waals surface area (Å²) in [6.45, 7) is 5.90. The molecule has 4 aliphatic heterocycles. The minimum Gasteiger partial charge on any atom is -0.870 e. The van der Waals surface area contributed by atoms with Gasteiger partial charge in [-0.05, 0) is 159 Å². The minimum atomic E-state index is -1.31. The molecule has 2 N–H and O–H groups in total. The number of hydrogen-bond acceptors (Lipinski definition) is 14. The number of carboxylic acids is 1. The van der Waals surface area contributed by atoms with Crippen LogP contribution in [0.15, 0.2) is 68.4 Å². The molecule has 12 rings (SSSR count). The van der Waals surface area contributed by atoms with Crippen molar-refractivity contribution >= 4 is 45.4 Å². The maximum atomic E-state index is 14.2. The van der Waals surface area contributed by atoms with Crippen molar-refractivity contribution in [1.29, 1.82) is 0 Å². The number of benzene rings is 2. The van der Waals surface area contributed by atoms with E-state index in [2.05, 4.69) is 30.1 Å². The van der Waals surface area contributed by atoms with Gasteiger partial charge < -0.3 is 34.1 Å². The third kappa shape index (κ3) is 12.7. The van der Waals surface area contributed by atoms with Gasteiger partial charge in [-0.1, -0.05) is 98.8 Å². The summed E-state index contributed by atoms with van der Waals surface area (Å²) >= 11 is 0. The van der Waals surface area contributed by atoms with Crippen molar-refractivity contribution < 1.29 is 64.1 Å². The molecule has 6 heterocycles. The molecule has 10 atom stereocenters. The Bertz CT molecular complexity index is 2930. The summed E-state index contributed by atoms with van der Waals surface area (Å²) in [4.78, 5) is 78.3. The minimum absolute atomic E-state index is 0. The molecule has 428 valence electrons. The summed E-state index contributed by atoms with van der Waals surface area (Å²) in [7, 11) is 0. The Labute approximate surface area is 493 Å². The number of carboxylic acid groups (broad SMARTS) is 1.